The molecule has 0 aliphatic heterocycles. The number of rotatable bonds is 8. The summed E-state index contributed by atoms with van der Waals surface area (Å²) in [6.07, 6.45) is 17.5. The molecule has 3 aliphatic rings. The van der Waals surface area contributed by atoms with E-state index >= 15 is 0 Å². The van der Waals surface area contributed by atoms with E-state index in [1.54, 1.807) is 26.8 Å². The van der Waals surface area contributed by atoms with Gasteiger partial charge in [-0.25, -0.2) is 9.59 Å². The van der Waals surface area contributed by atoms with Gasteiger partial charge in [-0.2, -0.15) is 0 Å². The summed E-state index contributed by atoms with van der Waals surface area (Å²) in [6.45, 7) is 9.23. The second-order valence-electron chi connectivity index (χ2n) is 11.2. The van der Waals surface area contributed by atoms with Gasteiger partial charge in [0.2, 0.25) is 0 Å². The number of carboxylic acids is 1. The first kappa shape index (κ1) is 34.4. The van der Waals surface area contributed by atoms with Crippen molar-refractivity contribution in [3.05, 3.63) is 12.7 Å². The lowest BCUT2D eigenvalue weighted by molar-refractivity contribution is -0.142. The Morgan fingerprint density at radius 3 is 1.83 bits per heavy atom. The van der Waals surface area contributed by atoms with Crippen molar-refractivity contribution < 1.29 is 24.2 Å². The van der Waals surface area contributed by atoms with Crippen molar-refractivity contribution in [2.45, 2.75) is 149 Å². The topological polar surface area (TPSA) is 96.9 Å². The number of carboxylic acid groups (broad SMARTS) is 1. The quantitative estimate of drug-likeness (QED) is 0.308. The number of aliphatic carboxylic acids is 1. The summed E-state index contributed by atoms with van der Waals surface area (Å²) < 4.78 is 10.9. The largest absolute Gasteiger partial charge is 0.480 e. The van der Waals surface area contributed by atoms with E-state index in [0.717, 1.165) is 31.3 Å². The van der Waals surface area contributed by atoms with Crippen LogP contribution < -0.4 is 10.6 Å². The standard InChI is InChI=1S/C15H25NO5.C12H23N.2CH4/c1-5-9-20-10-7-6-8-11(10)21-14(19)16-12(13(17)18)15(2,3)4;1-3-7-11(8-4-1)13-12-9-5-2-6-10-12;;/h5,10-12H,1,6-9H2,2-4H3,(H,16,19)(H,17,18);11-13H,1-10H2;2*1H4/t10-,11-,12-;;;/m1.../s1. The Morgan fingerprint density at radius 1 is 0.889 bits per heavy atom. The molecule has 0 saturated heterocycles. The van der Waals surface area contributed by atoms with Crippen LogP contribution in [-0.4, -0.2) is 54.1 Å². The van der Waals surface area contributed by atoms with Gasteiger partial charge < -0.3 is 25.2 Å². The minimum atomic E-state index is -1.08. The van der Waals surface area contributed by atoms with Gasteiger partial charge in [0.05, 0.1) is 12.7 Å². The van der Waals surface area contributed by atoms with Gasteiger partial charge in [-0.15, -0.1) is 6.58 Å². The number of hydrogen-bond acceptors (Lipinski definition) is 5. The van der Waals surface area contributed by atoms with Crippen LogP contribution in [0.5, 0.6) is 0 Å². The Balaban J connectivity index is 0.000000703. The van der Waals surface area contributed by atoms with Crippen molar-refractivity contribution in [3.63, 3.8) is 0 Å². The third-order valence-electron chi connectivity index (χ3n) is 7.14. The highest BCUT2D eigenvalue weighted by atomic mass is 16.6. The molecule has 3 aliphatic carbocycles. The monoisotopic (exact) mass is 512 g/mol. The molecule has 1 amide bonds. The van der Waals surface area contributed by atoms with Crippen molar-refractivity contribution >= 4 is 12.1 Å². The van der Waals surface area contributed by atoms with Crippen molar-refractivity contribution in [1.82, 2.24) is 10.6 Å². The van der Waals surface area contributed by atoms with Crippen LogP contribution in [0.4, 0.5) is 4.79 Å². The molecule has 3 saturated carbocycles. The molecule has 36 heavy (non-hydrogen) atoms. The molecule has 0 aromatic rings. The van der Waals surface area contributed by atoms with Crippen LogP contribution in [0, 0.1) is 5.41 Å². The lowest BCUT2D eigenvalue weighted by Gasteiger charge is -2.30. The van der Waals surface area contributed by atoms with Crippen LogP contribution in [0.25, 0.3) is 0 Å². The number of carbonyl (C=O) groups excluding carboxylic acids is 1. The highest BCUT2D eigenvalue weighted by Gasteiger charge is 2.36. The van der Waals surface area contributed by atoms with E-state index in [-0.39, 0.29) is 27.1 Å². The first-order valence-electron chi connectivity index (χ1n) is 13.4. The maximum absolute atomic E-state index is 11.9. The Bertz CT molecular complexity index is 606. The Labute approximate surface area is 221 Å². The fourth-order valence-electron chi connectivity index (χ4n) is 5.22. The molecule has 3 N–H and O–H groups in total. The van der Waals surface area contributed by atoms with Gasteiger partial charge in [0.25, 0.3) is 0 Å². The molecule has 3 fully saturated rings. The number of nitrogens with one attached hydrogen (secondary N) is 2. The zero-order valence-electron chi connectivity index (χ0n) is 21.7. The highest BCUT2D eigenvalue weighted by molar-refractivity contribution is 5.80. The van der Waals surface area contributed by atoms with E-state index in [0.29, 0.717) is 6.61 Å². The van der Waals surface area contributed by atoms with Gasteiger partial charge in [-0.3, -0.25) is 0 Å². The highest BCUT2D eigenvalue weighted by Crippen LogP contribution is 2.26. The minimum absolute atomic E-state index is 0. The van der Waals surface area contributed by atoms with Crippen LogP contribution in [0.1, 0.15) is 119 Å². The maximum atomic E-state index is 11.9. The molecular formula is C29H56N2O5. The molecule has 0 aromatic heterocycles. The minimum Gasteiger partial charge on any atom is -0.480 e. The molecule has 0 aromatic carbocycles. The fraction of sp³-hybridized carbons (Fsp3) is 0.862. The van der Waals surface area contributed by atoms with E-state index < -0.39 is 23.5 Å². The first-order chi connectivity index (χ1) is 16.2. The van der Waals surface area contributed by atoms with Crippen molar-refractivity contribution in [1.29, 1.82) is 0 Å². The molecule has 3 atom stereocenters. The number of amides is 1. The molecule has 7 heteroatoms. The van der Waals surface area contributed by atoms with E-state index in [2.05, 4.69) is 17.2 Å². The van der Waals surface area contributed by atoms with Gasteiger partial charge >= 0.3 is 12.1 Å². The average molecular weight is 513 g/mol. The maximum Gasteiger partial charge on any atom is 0.408 e. The summed E-state index contributed by atoms with van der Waals surface area (Å²) in [7, 11) is 0. The van der Waals surface area contributed by atoms with Crippen molar-refractivity contribution in [2.24, 2.45) is 5.41 Å². The van der Waals surface area contributed by atoms with E-state index in [4.69, 9.17) is 9.47 Å². The molecule has 7 nitrogen and oxygen atoms in total. The molecule has 0 spiro atoms. The fourth-order valence-corrected chi connectivity index (χ4v) is 5.22. The Morgan fingerprint density at radius 2 is 1.39 bits per heavy atom. The molecule has 0 bridgehead atoms. The Kier molecular flexibility index (Phi) is 17.0. The molecule has 3 rings (SSSR count). The zero-order chi connectivity index (χ0) is 25.0. The number of ether oxygens (including phenoxy) is 2. The average Bonchev–Trinajstić information content (AvgIpc) is 3.23. The molecule has 212 valence electrons. The summed E-state index contributed by atoms with van der Waals surface area (Å²) in [4.78, 5) is 23.1. The Hall–Kier alpha value is -1.60. The van der Waals surface area contributed by atoms with Gasteiger partial charge in [0.15, 0.2) is 0 Å². The third kappa shape index (κ3) is 12.6. The van der Waals surface area contributed by atoms with Gasteiger partial charge in [0.1, 0.15) is 12.1 Å². The normalized spacial score (nSPS) is 23.6. The molecular weight excluding hydrogens is 456 g/mol. The summed E-state index contributed by atoms with van der Waals surface area (Å²) in [5, 5.41) is 15.5. The molecule has 0 unspecified atom stereocenters. The molecule has 0 heterocycles. The summed E-state index contributed by atoms with van der Waals surface area (Å²) in [5.74, 6) is -1.08. The second kappa shape index (κ2) is 17.8. The lowest BCUT2D eigenvalue weighted by atomic mass is 9.87. The number of carbonyl (C=O) groups is 2. The van der Waals surface area contributed by atoms with E-state index in [9.17, 15) is 14.7 Å². The van der Waals surface area contributed by atoms with Crippen LogP contribution in [0.2, 0.25) is 0 Å². The second-order valence-corrected chi connectivity index (χ2v) is 11.2. The summed E-state index contributed by atoms with van der Waals surface area (Å²) in [5.41, 5.74) is -0.598. The predicted octanol–water partition coefficient (Wildman–Crippen LogP) is 6.85. The van der Waals surface area contributed by atoms with E-state index in [1.165, 1.54) is 64.2 Å². The van der Waals surface area contributed by atoms with Crippen LogP contribution in [0.3, 0.4) is 0 Å². The van der Waals surface area contributed by atoms with E-state index in [1.807, 2.05) is 0 Å². The first-order valence-corrected chi connectivity index (χ1v) is 13.4. The third-order valence-corrected chi connectivity index (χ3v) is 7.14. The predicted molar refractivity (Wildman–Crippen MR) is 148 cm³/mol. The van der Waals surface area contributed by atoms with Crippen LogP contribution >= 0.6 is 0 Å². The summed E-state index contributed by atoms with van der Waals surface area (Å²) >= 11 is 0. The number of alkyl carbamates (subject to hydrolysis) is 1. The molecule has 0 radical (unpaired) electrons. The van der Waals surface area contributed by atoms with Gasteiger partial charge in [-0.05, 0) is 50.4 Å². The van der Waals surface area contributed by atoms with Gasteiger partial charge in [0, 0.05) is 12.1 Å². The van der Waals surface area contributed by atoms with Crippen molar-refractivity contribution in [3.8, 4) is 0 Å². The summed E-state index contributed by atoms with van der Waals surface area (Å²) in [6, 6.07) is 0.743. The smallest absolute Gasteiger partial charge is 0.408 e. The van der Waals surface area contributed by atoms with Gasteiger partial charge in [-0.1, -0.05) is 80.2 Å². The van der Waals surface area contributed by atoms with Crippen LogP contribution in [-0.2, 0) is 14.3 Å². The number of hydrogen-bond donors (Lipinski definition) is 3. The lowest BCUT2D eigenvalue weighted by Crippen LogP contribution is -2.50. The van der Waals surface area contributed by atoms with Crippen molar-refractivity contribution in [2.75, 3.05) is 6.61 Å². The van der Waals surface area contributed by atoms with Crippen LogP contribution in [0.15, 0.2) is 12.7 Å². The zero-order valence-corrected chi connectivity index (χ0v) is 21.7. The SMILES string of the molecule is C.C.C1CCC(NC2CCCCC2)CC1.C=CCO[C@@H]1CCC[C@H]1OC(=O)N[C@H](C(=O)O)C(C)(C)C.